The molecule has 2 aromatic rings. The summed E-state index contributed by atoms with van der Waals surface area (Å²) in [5, 5.41) is 0. The van der Waals surface area contributed by atoms with Crippen molar-refractivity contribution < 1.29 is 14.3 Å². The molecule has 6 nitrogen and oxygen atoms in total. The number of para-hydroxylation sites is 1. The fraction of sp³-hybridized carbons (Fsp3) is 0.400. The van der Waals surface area contributed by atoms with Gasteiger partial charge in [0.1, 0.15) is 5.75 Å². The van der Waals surface area contributed by atoms with E-state index in [4.69, 9.17) is 4.74 Å². The lowest BCUT2D eigenvalue weighted by Gasteiger charge is -2.22. The van der Waals surface area contributed by atoms with Crippen LogP contribution in [0.5, 0.6) is 5.75 Å². The number of carbonyl (C=O) groups excluding carboxylic acids is 2. The molecule has 1 aromatic carbocycles. The monoisotopic (exact) mass is 355 g/mol. The Morgan fingerprint density at radius 3 is 2.38 bits per heavy atom. The molecule has 2 heterocycles. The molecular formula is C20H25N3O3. The Morgan fingerprint density at radius 1 is 0.962 bits per heavy atom. The van der Waals surface area contributed by atoms with Gasteiger partial charge in [-0.2, -0.15) is 0 Å². The maximum Gasteiger partial charge on any atom is 0.227 e. The lowest BCUT2D eigenvalue weighted by atomic mass is 10.2. The standard InChI is InChI=1S/C20H25N3O3/c24-19(8-14-26-18-5-2-1-3-6-18)22-10-4-11-23(13-12-22)20(25)15-17-7-9-21-16-17/h1-3,5-7,9,16,21H,4,8,10-15H2. The molecule has 1 N–H and O–H groups in total. The molecule has 0 spiro atoms. The van der Waals surface area contributed by atoms with Crippen molar-refractivity contribution in [2.75, 3.05) is 32.8 Å². The SMILES string of the molecule is O=C(CCOc1ccccc1)N1CCCN(C(=O)Cc2cc[nH]c2)CC1. The van der Waals surface area contributed by atoms with E-state index in [2.05, 4.69) is 4.98 Å². The maximum absolute atomic E-state index is 12.4. The highest BCUT2D eigenvalue weighted by Gasteiger charge is 2.22. The Balaban J connectivity index is 1.42. The van der Waals surface area contributed by atoms with Crippen molar-refractivity contribution in [3.05, 3.63) is 54.4 Å². The number of H-pyrrole nitrogens is 1. The van der Waals surface area contributed by atoms with Gasteiger partial charge in [-0.05, 0) is 30.2 Å². The van der Waals surface area contributed by atoms with Crippen LogP contribution < -0.4 is 4.74 Å². The first-order valence-corrected chi connectivity index (χ1v) is 9.07. The van der Waals surface area contributed by atoms with Crippen molar-refractivity contribution in [2.45, 2.75) is 19.3 Å². The maximum atomic E-state index is 12.4. The van der Waals surface area contributed by atoms with Gasteiger partial charge in [0, 0.05) is 38.6 Å². The number of ether oxygens (including phenoxy) is 1. The van der Waals surface area contributed by atoms with Crippen LogP contribution in [0.1, 0.15) is 18.4 Å². The van der Waals surface area contributed by atoms with Crippen LogP contribution in [0.2, 0.25) is 0 Å². The van der Waals surface area contributed by atoms with Crippen molar-refractivity contribution in [2.24, 2.45) is 0 Å². The van der Waals surface area contributed by atoms with E-state index in [1.54, 1.807) is 0 Å². The summed E-state index contributed by atoms with van der Waals surface area (Å²) in [6, 6.07) is 11.4. The number of aromatic amines is 1. The topological polar surface area (TPSA) is 65.6 Å². The van der Waals surface area contributed by atoms with E-state index in [1.807, 2.05) is 58.6 Å². The van der Waals surface area contributed by atoms with Crippen LogP contribution >= 0.6 is 0 Å². The van der Waals surface area contributed by atoms with Gasteiger partial charge in [0.2, 0.25) is 11.8 Å². The first-order valence-electron chi connectivity index (χ1n) is 9.07. The summed E-state index contributed by atoms with van der Waals surface area (Å²) >= 11 is 0. The van der Waals surface area contributed by atoms with E-state index < -0.39 is 0 Å². The van der Waals surface area contributed by atoms with Gasteiger partial charge in [0.05, 0.1) is 19.4 Å². The molecule has 0 radical (unpaired) electrons. The van der Waals surface area contributed by atoms with Gasteiger partial charge in [-0.15, -0.1) is 0 Å². The Bertz CT molecular complexity index is 700. The number of amides is 2. The second kappa shape index (κ2) is 9.08. The van der Waals surface area contributed by atoms with E-state index in [1.165, 1.54) is 0 Å². The number of nitrogens with zero attached hydrogens (tertiary/aromatic N) is 2. The van der Waals surface area contributed by atoms with Crippen molar-refractivity contribution in [3.8, 4) is 5.75 Å². The zero-order valence-corrected chi connectivity index (χ0v) is 14.9. The van der Waals surface area contributed by atoms with Gasteiger partial charge in [-0.25, -0.2) is 0 Å². The lowest BCUT2D eigenvalue weighted by molar-refractivity contribution is -0.133. The fourth-order valence-electron chi connectivity index (χ4n) is 3.10. The van der Waals surface area contributed by atoms with E-state index in [9.17, 15) is 9.59 Å². The van der Waals surface area contributed by atoms with E-state index in [0.29, 0.717) is 45.6 Å². The molecule has 138 valence electrons. The average molecular weight is 355 g/mol. The van der Waals surface area contributed by atoms with Crippen molar-refractivity contribution in [1.82, 2.24) is 14.8 Å². The molecule has 1 aromatic heterocycles. The molecule has 1 aliphatic rings. The Morgan fingerprint density at radius 2 is 1.69 bits per heavy atom. The molecule has 1 saturated heterocycles. The third-order valence-corrected chi connectivity index (χ3v) is 4.55. The third-order valence-electron chi connectivity index (χ3n) is 4.55. The van der Waals surface area contributed by atoms with Crippen LogP contribution in [-0.2, 0) is 16.0 Å². The van der Waals surface area contributed by atoms with Gasteiger partial charge in [0.25, 0.3) is 0 Å². The van der Waals surface area contributed by atoms with Gasteiger partial charge >= 0.3 is 0 Å². The number of carbonyl (C=O) groups is 2. The number of benzene rings is 1. The highest BCUT2D eigenvalue weighted by Crippen LogP contribution is 2.11. The summed E-state index contributed by atoms with van der Waals surface area (Å²) in [5.41, 5.74) is 0.991. The molecule has 3 rings (SSSR count). The number of nitrogens with one attached hydrogen (secondary N) is 1. The minimum absolute atomic E-state index is 0.0841. The van der Waals surface area contributed by atoms with Crippen molar-refractivity contribution in [1.29, 1.82) is 0 Å². The van der Waals surface area contributed by atoms with E-state index in [-0.39, 0.29) is 11.8 Å². The quantitative estimate of drug-likeness (QED) is 0.863. The van der Waals surface area contributed by atoms with Crippen LogP contribution in [0, 0.1) is 0 Å². The third kappa shape index (κ3) is 5.12. The molecule has 0 saturated carbocycles. The summed E-state index contributed by atoms with van der Waals surface area (Å²) in [7, 11) is 0. The summed E-state index contributed by atoms with van der Waals surface area (Å²) in [5.74, 6) is 0.977. The molecule has 0 atom stereocenters. The van der Waals surface area contributed by atoms with Gasteiger partial charge in [0.15, 0.2) is 0 Å². The van der Waals surface area contributed by atoms with Crippen LogP contribution in [0.15, 0.2) is 48.8 Å². The first-order chi connectivity index (χ1) is 12.7. The number of hydrogen-bond acceptors (Lipinski definition) is 3. The van der Waals surface area contributed by atoms with Gasteiger partial charge < -0.3 is 19.5 Å². The van der Waals surface area contributed by atoms with Crippen LogP contribution in [0.4, 0.5) is 0 Å². The predicted octanol–water partition coefficient (Wildman–Crippen LogP) is 2.09. The summed E-state index contributed by atoms with van der Waals surface area (Å²) in [6.45, 7) is 2.94. The highest BCUT2D eigenvalue weighted by atomic mass is 16.5. The average Bonchev–Trinajstić information content (AvgIpc) is 3.03. The Kier molecular flexibility index (Phi) is 6.30. The van der Waals surface area contributed by atoms with Gasteiger partial charge in [-0.3, -0.25) is 9.59 Å². The molecule has 1 fully saturated rings. The summed E-state index contributed by atoms with van der Waals surface area (Å²) in [4.78, 5) is 31.5. The molecule has 6 heteroatoms. The second-order valence-electron chi connectivity index (χ2n) is 6.42. The van der Waals surface area contributed by atoms with E-state index >= 15 is 0 Å². The first kappa shape index (κ1) is 18.0. The van der Waals surface area contributed by atoms with Crippen molar-refractivity contribution >= 4 is 11.8 Å². The molecule has 1 aliphatic heterocycles. The normalized spacial score (nSPS) is 14.8. The molecular weight excluding hydrogens is 330 g/mol. The van der Waals surface area contributed by atoms with Crippen LogP contribution in [0.25, 0.3) is 0 Å². The minimum atomic E-state index is 0.0841. The molecule has 0 unspecified atom stereocenters. The molecule has 0 bridgehead atoms. The smallest absolute Gasteiger partial charge is 0.227 e. The second-order valence-corrected chi connectivity index (χ2v) is 6.42. The molecule has 0 aliphatic carbocycles. The number of hydrogen-bond donors (Lipinski definition) is 1. The number of aromatic nitrogens is 1. The Hall–Kier alpha value is -2.76. The lowest BCUT2D eigenvalue weighted by Crippen LogP contribution is -2.38. The van der Waals surface area contributed by atoms with E-state index in [0.717, 1.165) is 17.7 Å². The summed E-state index contributed by atoms with van der Waals surface area (Å²) in [6.07, 6.45) is 5.24. The molecule has 26 heavy (non-hydrogen) atoms. The van der Waals surface area contributed by atoms with Gasteiger partial charge in [-0.1, -0.05) is 18.2 Å². The fourth-order valence-corrected chi connectivity index (χ4v) is 3.10. The van der Waals surface area contributed by atoms with Crippen molar-refractivity contribution in [3.63, 3.8) is 0 Å². The van der Waals surface area contributed by atoms with Crippen LogP contribution in [0.3, 0.4) is 0 Å². The molecule has 2 amide bonds. The number of rotatable bonds is 6. The predicted molar refractivity (Wildman–Crippen MR) is 98.8 cm³/mol. The highest BCUT2D eigenvalue weighted by molar-refractivity contribution is 5.79. The zero-order valence-electron chi connectivity index (χ0n) is 14.9. The van der Waals surface area contributed by atoms with Crippen LogP contribution in [-0.4, -0.2) is 59.4 Å². The summed E-state index contributed by atoms with van der Waals surface area (Å²) < 4.78 is 5.60. The Labute approximate surface area is 153 Å². The minimum Gasteiger partial charge on any atom is -0.493 e. The zero-order chi connectivity index (χ0) is 18.2. The largest absolute Gasteiger partial charge is 0.493 e.